The van der Waals surface area contributed by atoms with Gasteiger partial charge in [0, 0.05) is 56.1 Å². The smallest absolute Gasteiger partial charge is 0.350 e. The Morgan fingerprint density at radius 1 is 0.857 bits per heavy atom. The molecule has 0 aromatic heterocycles. The summed E-state index contributed by atoms with van der Waals surface area (Å²) >= 11 is 0. The first-order chi connectivity index (χ1) is 33.1. The van der Waals surface area contributed by atoms with Crippen molar-refractivity contribution in [3.05, 3.63) is 82.9 Å². The quantitative estimate of drug-likeness (QED) is 0.0520. The topological polar surface area (TPSA) is 260 Å². The number of rotatable bonds is 21. The van der Waals surface area contributed by atoms with Gasteiger partial charge in [-0.3, -0.25) is 24.0 Å². The molecule has 2 saturated carbocycles. The second-order valence-electron chi connectivity index (χ2n) is 20.0. The normalized spacial score (nSPS) is 29.6. The molecule has 382 valence electrons. The Kier molecular flexibility index (Phi) is 17.2. The third-order valence-electron chi connectivity index (χ3n) is 14.9. The second-order valence-corrected chi connectivity index (χ2v) is 20.0. The van der Waals surface area contributed by atoms with Gasteiger partial charge < -0.3 is 54.4 Å². The zero-order chi connectivity index (χ0) is 51.2. The second kappa shape index (κ2) is 22.4. The highest BCUT2D eigenvalue weighted by molar-refractivity contribution is 5.94. The highest BCUT2D eigenvalue weighted by Crippen LogP contribution is 2.65. The summed E-state index contributed by atoms with van der Waals surface area (Å²) in [6.07, 6.45) is -7.15. The van der Waals surface area contributed by atoms with Crippen LogP contribution in [0.3, 0.4) is 0 Å². The number of carbonyl (C=O) groups is 7. The van der Waals surface area contributed by atoms with Gasteiger partial charge in [-0.05, 0) is 68.9 Å². The lowest BCUT2D eigenvalue weighted by molar-refractivity contribution is -0.313. The fourth-order valence-corrected chi connectivity index (χ4v) is 11.0. The molecule has 6 rings (SSSR count). The molecule has 1 aliphatic heterocycles. The van der Waals surface area contributed by atoms with E-state index in [1.165, 1.54) is 39.8 Å². The number of Topliss-reactive ketones (excluding diaryl/α,β-unsaturated/α-hetero) is 2. The van der Waals surface area contributed by atoms with Gasteiger partial charge in [-0.15, -0.1) is 0 Å². The number of benzene rings is 2. The Morgan fingerprint density at radius 3 is 2.11 bits per heavy atom. The average molecular weight is 977 g/mol. The highest BCUT2D eigenvalue weighted by Gasteiger charge is 2.75. The van der Waals surface area contributed by atoms with E-state index in [9.17, 15) is 44.1 Å². The number of nitrogens with one attached hydrogen (secondary N) is 2. The fraction of sp³-hybridized carbons (Fsp3) is 0.596. The molecule has 11 atom stereocenters. The zero-order valence-corrected chi connectivity index (χ0v) is 41.0. The standard InChI is InChI=1S/C52H68N2O16/c1-30(55)28-66-23-16-10-15-22-65-24-21-38(58)53-27-39(59)69-43(41(54-32(3)56)33-17-11-8-12-18-33)48(63)68-35-26-52(64)46(70-47(62)34-19-13-9-14-20-34)44-50(6)29-67-37(50)25-36(57)51(44,7)45(61)42(60)40(31(35)2)49(52,4)5/h8-9,11-14,17-20,35-37,41-44,46,57,60,64H,10,15-16,21-29H2,1-7H3,(H,53,58)(H,54,56)/t35-,36-,37?,41-,42+,43+,44?,46-,50+,51?,52+/m0/s1. The van der Waals surface area contributed by atoms with Crippen LogP contribution in [0.2, 0.25) is 0 Å². The summed E-state index contributed by atoms with van der Waals surface area (Å²) in [5, 5.41) is 42.9. The monoisotopic (exact) mass is 976 g/mol. The number of aliphatic hydroxyl groups excluding tert-OH is 2. The minimum absolute atomic E-state index is 0.0220. The van der Waals surface area contributed by atoms with Crippen LogP contribution in [0.4, 0.5) is 0 Å². The van der Waals surface area contributed by atoms with Crippen molar-refractivity contribution in [3.8, 4) is 0 Å². The molecule has 3 aliphatic carbocycles. The van der Waals surface area contributed by atoms with Gasteiger partial charge in [0.1, 0.15) is 43.1 Å². The number of unbranched alkanes of at least 4 members (excludes halogenated alkanes) is 2. The molecule has 3 fully saturated rings. The van der Waals surface area contributed by atoms with Crippen LogP contribution in [-0.4, -0.2) is 138 Å². The molecule has 70 heavy (non-hydrogen) atoms. The predicted octanol–water partition coefficient (Wildman–Crippen LogP) is 3.43. The van der Waals surface area contributed by atoms with E-state index >= 15 is 4.79 Å². The maximum atomic E-state index is 15.0. The number of ketones is 2. The number of fused-ring (bicyclic) bond motifs is 5. The Labute approximate surface area is 408 Å². The van der Waals surface area contributed by atoms with Gasteiger partial charge in [0.2, 0.25) is 17.9 Å². The predicted molar refractivity (Wildman–Crippen MR) is 249 cm³/mol. The molecule has 2 bridgehead atoms. The van der Waals surface area contributed by atoms with Crippen LogP contribution in [0, 0.1) is 22.2 Å². The maximum Gasteiger partial charge on any atom is 0.350 e. The molecular formula is C52H68N2O16. The van der Waals surface area contributed by atoms with Gasteiger partial charge >= 0.3 is 17.9 Å². The van der Waals surface area contributed by atoms with Crippen molar-refractivity contribution >= 4 is 41.3 Å². The van der Waals surface area contributed by atoms with Gasteiger partial charge in [0.05, 0.1) is 36.4 Å². The molecule has 18 heteroatoms. The summed E-state index contributed by atoms with van der Waals surface area (Å²) in [5.41, 5.74) is -5.92. The number of esters is 3. The largest absolute Gasteiger partial charge is 0.455 e. The number of hydrogen-bond acceptors (Lipinski definition) is 16. The first-order valence-electron chi connectivity index (χ1n) is 23.9. The fourth-order valence-electron chi connectivity index (χ4n) is 11.0. The Hall–Kier alpha value is -5.37. The van der Waals surface area contributed by atoms with E-state index in [0.29, 0.717) is 25.2 Å². The van der Waals surface area contributed by atoms with E-state index < -0.39 is 119 Å². The first kappa shape index (κ1) is 54.0. The van der Waals surface area contributed by atoms with Gasteiger partial charge in [0.15, 0.2) is 11.6 Å². The van der Waals surface area contributed by atoms with Crippen molar-refractivity contribution in [3.63, 3.8) is 0 Å². The van der Waals surface area contributed by atoms with Crippen molar-refractivity contribution in [2.45, 2.75) is 135 Å². The van der Waals surface area contributed by atoms with Crippen LogP contribution in [0.15, 0.2) is 71.8 Å². The van der Waals surface area contributed by atoms with E-state index in [2.05, 4.69) is 10.6 Å². The molecular weight excluding hydrogens is 909 g/mol. The van der Waals surface area contributed by atoms with Gasteiger partial charge in [-0.1, -0.05) is 69.3 Å². The van der Waals surface area contributed by atoms with E-state index in [0.717, 1.165) is 12.8 Å². The summed E-state index contributed by atoms with van der Waals surface area (Å²) in [7, 11) is 0. The van der Waals surface area contributed by atoms with Crippen molar-refractivity contribution in [2.75, 3.05) is 39.6 Å². The van der Waals surface area contributed by atoms with Crippen molar-refractivity contribution in [1.29, 1.82) is 0 Å². The van der Waals surface area contributed by atoms with Crippen LogP contribution in [0.25, 0.3) is 0 Å². The average Bonchev–Trinajstić information content (AvgIpc) is 3.31. The first-order valence-corrected chi connectivity index (χ1v) is 23.9. The molecule has 1 heterocycles. The minimum atomic E-state index is -2.24. The molecule has 18 nitrogen and oxygen atoms in total. The summed E-state index contributed by atoms with van der Waals surface area (Å²) in [6, 6.07) is 14.9. The third-order valence-corrected chi connectivity index (χ3v) is 14.9. The van der Waals surface area contributed by atoms with E-state index in [1.54, 1.807) is 62.4 Å². The third kappa shape index (κ3) is 11.1. The maximum absolute atomic E-state index is 15.0. The van der Waals surface area contributed by atoms with Crippen LogP contribution in [0.1, 0.15) is 109 Å². The van der Waals surface area contributed by atoms with Gasteiger partial charge in [-0.2, -0.15) is 0 Å². The molecule has 4 aliphatic rings. The SMILES string of the molecule is CC(=O)COCCCCCOCCC(=O)NCC(=O)O[C@@H](C(=O)O[C@H]1C[C@@]2(O)[C@@H](OC(=O)c3ccccc3)C3C(C)(C(=O)[C@H](O)C(=C1C)C2(C)C)[C@@H](O)CC1OC[C@]13C)[C@@H](NC(C)=O)c1ccccc1. The van der Waals surface area contributed by atoms with Crippen LogP contribution in [0.5, 0.6) is 0 Å². The van der Waals surface area contributed by atoms with Crippen LogP contribution >= 0.6 is 0 Å². The summed E-state index contributed by atoms with van der Waals surface area (Å²) in [4.78, 5) is 94.1. The summed E-state index contributed by atoms with van der Waals surface area (Å²) in [6.45, 7) is 11.1. The zero-order valence-electron chi connectivity index (χ0n) is 41.0. The van der Waals surface area contributed by atoms with Crippen molar-refractivity contribution < 1.29 is 77.3 Å². The number of carbonyl (C=O) groups excluding carboxylic acids is 7. The lowest BCUT2D eigenvalue weighted by atomic mass is 9.42. The number of aliphatic hydroxyl groups is 3. The van der Waals surface area contributed by atoms with Crippen molar-refractivity contribution in [2.24, 2.45) is 22.2 Å². The highest BCUT2D eigenvalue weighted by atomic mass is 16.6. The van der Waals surface area contributed by atoms with E-state index in [4.69, 9.17) is 28.4 Å². The minimum Gasteiger partial charge on any atom is -0.455 e. The molecule has 5 N–H and O–H groups in total. The van der Waals surface area contributed by atoms with Gasteiger partial charge in [-0.25, -0.2) is 9.59 Å². The lowest BCUT2D eigenvalue weighted by Crippen LogP contribution is -2.77. The molecule has 2 aromatic carbocycles. The van der Waals surface area contributed by atoms with E-state index in [-0.39, 0.29) is 55.2 Å². The van der Waals surface area contributed by atoms with Gasteiger partial charge in [0.25, 0.3) is 0 Å². The van der Waals surface area contributed by atoms with Crippen LogP contribution in [-0.2, 0) is 57.2 Å². The molecule has 2 amide bonds. The van der Waals surface area contributed by atoms with E-state index in [1.807, 2.05) is 6.92 Å². The number of hydrogen-bond donors (Lipinski definition) is 5. The molecule has 2 aromatic rings. The summed E-state index contributed by atoms with van der Waals surface area (Å²) in [5.74, 6) is -6.20. The van der Waals surface area contributed by atoms with Crippen molar-refractivity contribution in [1.82, 2.24) is 10.6 Å². The van der Waals surface area contributed by atoms with Crippen LogP contribution < -0.4 is 10.6 Å². The Bertz CT molecular complexity index is 2290. The Morgan fingerprint density at radius 2 is 1.50 bits per heavy atom. The number of amides is 2. The molecule has 1 saturated heterocycles. The molecule has 0 spiro atoms. The summed E-state index contributed by atoms with van der Waals surface area (Å²) < 4.78 is 35.2. The number of ether oxygens (including phenoxy) is 6. The molecule has 0 radical (unpaired) electrons. The molecule has 3 unspecified atom stereocenters. The lowest BCUT2D eigenvalue weighted by Gasteiger charge is -2.68. The Balaban J connectivity index is 1.28.